The van der Waals surface area contributed by atoms with E-state index in [0.717, 1.165) is 0 Å². The molecule has 1 saturated carbocycles. The van der Waals surface area contributed by atoms with Crippen LogP contribution in [0.4, 0.5) is 0 Å². The summed E-state index contributed by atoms with van der Waals surface area (Å²) in [5.41, 5.74) is 0. The largest absolute Gasteiger partial charge is 0.368 e. The van der Waals surface area contributed by atoms with Crippen molar-refractivity contribution in [3.05, 3.63) is 24.5 Å². The Balaban J connectivity index is -0.000000138. The summed E-state index contributed by atoms with van der Waals surface area (Å²) >= 11 is 0. The van der Waals surface area contributed by atoms with E-state index in [-0.39, 0.29) is 17.1 Å². The molecule has 0 atom stereocenters. The Hall–Kier alpha value is -0.201. The zero-order chi connectivity index (χ0) is 11.1. The van der Waals surface area contributed by atoms with Gasteiger partial charge in [0, 0.05) is 29.5 Å². The molecule has 2 rings (SSSR count). The summed E-state index contributed by atoms with van der Waals surface area (Å²) < 4.78 is 0. The van der Waals surface area contributed by atoms with E-state index in [1.165, 1.54) is 32.1 Å². The van der Waals surface area contributed by atoms with Gasteiger partial charge in [0.1, 0.15) is 0 Å². The number of aromatic amines is 1. The maximum Gasteiger partial charge on any atom is 0.000496 e. The predicted octanol–water partition coefficient (Wildman–Crippen LogP) is 5.02. The van der Waals surface area contributed by atoms with Crippen LogP contribution in [0.2, 0.25) is 0 Å². The number of H-pyrrole nitrogens is 1. The van der Waals surface area contributed by atoms with Crippen molar-refractivity contribution in [2.75, 3.05) is 0 Å². The number of aromatic nitrogens is 1. The standard InChI is InChI=1S/C5H10.C4H5N.2C2H6.Fe/c2*1-2-4-5-3-1;2*1-2;/h1-5H2;1-5H;2*1-2H3;. The Morgan fingerprint density at radius 2 is 0.933 bits per heavy atom. The first-order chi connectivity index (χ1) is 7.00. The van der Waals surface area contributed by atoms with Crippen LogP contribution < -0.4 is 0 Å². The minimum atomic E-state index is 0. The van der Waals surface area contributed by atoms with E-state index >= 15 is 0 Å². The molecule has 0 spiro atoms. The van der Waals surface area contributed by atoms with Crippen LogP contribution in [0.15, 0.2) is 24.5 Å². The van der Waals surface area contributed by atoms with Crippen molar-refractivity contribution in [3.8, 4) is 0 Å². The average molecular weight is 253 g/mol. The van der Waals surface area contributed by atoms with E-state index in [2.05, 4.69) is 4.98 Å². The van der Waals surface area contributed by atoms with Crippen molar-refractivity contribution < 1.29 is 17.1 Å². The summed E-state index contributed by atoms with van der Waals surface area (Å²) in [6.07, 6.45) is 11.2. The second kappa shape index (κ2) is 23.5. The van der Waals surface area contributed by atoms with Gasteiger partial charge in [-0.05, 0) is 12.1 Å². The minimum absolute atomic E-state index is 0. The summed E-state index contributed by atoms with van der Waals surface area (Å²) in [4.78, 5) is 2.86. The molecule has 1 fully saturated rings. The van der Waals surface area contributed by atoms with Gasteiger partial charge < -0.3 is 4.98 Å². The Morgan fingerprint density at radius 1 is 0.667 bits per heavy atom. The van der Waals surface area contributed by atoms with Crippen molar-refractivity contribution in [1.29, 1.82) is 0 Å². The third-order valence-electron chi connectivity index (χ3n) is 1.75. The molecule has 0 unspecified atom stereocenters. The van der Waals surface area contributed by atoms with E-state index in [1.807, 2.05) is 52.2 Å². The van der Waals surface area contributed by atoms with Gasteiger partial charge in [-0.1, -0.05) is 59.8 Å². The van der Waals surface area contributed by atoms with E-state index in [0.29, 0.717) is 0 Å². The third kappa shape index (κ3) is 20.0. The summed E-state index contributed by atoms with van der Waals surface area (Å²) in [7, 11) is 0. The van der Waals surface area contributed by atoms with Gasteiger partial charge in [0.2, 0.25) is 0 Å². The van der Waals surface area contributed by atoms with Gasteiger partial charge in [-0.3, -0.25) is 0 Å². The monoisotopic (exact) mass is 253 g/mol. The van der Waals surface area contributed by atoms with Crippen LogP contribution in [-0.4, -0.2) is 4.98 Å². The molecule has 0 aliphatic heterocycles. The maximum absolute atomic E-state index is 2.86. The molecule has 1 N–H and O–H groups in total. The van der Waals surface area contributed by atoms with Crippen molar-refractivity contribution in [1.82, 2.24) is 4.98 Å². The molecule has 0 bridgehead atoms. The average Bonchev–Trinajstić information content (AvgIpc) is 3.01. The fourth-order valence-corrected chi connectivity index (χ4v) is 1.16. The first-order valence-electron chi connectivity index (χ1n) is 6.08. The molecule has 0 aromatic carbocycles. The first kappa shape index (κ1) is 20.2. The second-order valence-corrected chi connectivity index (χ2v) is 2.65. The SMILES string of the molecule is C1CCCC1.CC.CC.[Fe].c1cc[nH]c1. The van der Waals surface area contributed by atoms with Crippen molar-refractivity contribution in [2.24, 2.45) is 0 Å². The zero-order valence-electron chi connectivity index (χ0n) is 10.7. The third-order valence-corrected chi connectivity index (χ3v) is 1.75. The minimum Gasteiger partial charge on any atom is -0.368 e. The second-order valence-electron chi connectivity index (χ2n) is 2.65. The van der Waals surface area contributed by atoms with E-state index in [9.17, 15) is 0 Å². The fraction of sp³-hybridized carbons (Fsp3) is 0.692. The molecule has 1 heterocycles. The van der Waals surface area contributed by atoms with Gasteiger partial charge in [-0.25, -0.2) is 0 Å². The van der Waals surface area contributed by atoms with Crippen LogP contribution in [0.1, 0.15) is 59.8 Å². The van der Waals surface area contributed by atoms with Gasteiger partial charge in [0.25, 0.3) is 0 Å². The summed E-state index contributed by atoms with van der Waals surface area (Å²) in [5, 5.41) is 0. The molecule has 1 aromatic heterocycles. The van der Waals surface area contributed by atoms with E-state index in [1.54, 1.807) is 0 Å². The van der Waals surface area contributed by atoms with Crippen LogP contribution in [0.3, 0.4) is 0 Å². The van der Waals surface area contributed by atoms with Gasteiger partial charge >= 0.3 is 0 Å². The van der Waals surface area contributed by atoms with Gasteiger partial charge in [-0.2, -0.15) is 0 Å². The summed E-state index contributed by atoms with van der Waals surface area (Å²) in [6.45, 7) is 8.00. The molecule has 1 aliphatic carbocycles. The topological polar surface area (TPSA) is 15.8 Å². The van der Waals surface area contributed by atoms with Gasteiger partial charge in [0.15, 0.2) is 0 Å². The number of rotatable bonds is 0. The normalized spacial score (nSPS) is 11.5. The van der Waals surface area contributed by atoms with Crippen molar-refractivity contribution in [2.45, 2.75) is 59.8 Å². The number of hydrogen-bond acceptors (Lipinski definition) is 0. The predicted molar refractivity (Wildman–Crippen MR) is 66.6 cm³/mol. The first-order valence-corrected chi connectivity index (χ1v) is 6.08. The fourth-order valence-electron chi connectivity index (χ4n) is 1.16. The van der Waals surface area contributed by atoms with Crippen LogP contribution in [0, 0.1) is 0 Å². The Labute approximate surface area is 107 Å². The van der Waals surface area contributed by atoms with Crippen LogP contribution in [-0.2, 0) is 17.1 Å². The van der Waals surface area contributed by atoms with E-state index < -0.39 is 0 Å². The zero-order valence-corrected chi connectivity index (χ0v) is 11.8. The molecular formula is C13H27FeN. The van der Waals surface area contributed by atoms with Crippen molar-refractivity contribution >= 4 is 0 Å². The molecule has 92 valence electrons. The molecule has 0 saturated heterocycles. The molecule has 2 heteroatoms. The Morgan fingerprint density at radius 3 is 1.07 bits per heavy atom. The van der Waals surface area contributed by atoms with Crippen LogP contribution in [0.25, 0.3) is 0 Å². The molecule has 0 amide bonds. The number of hydrogen-bond donors (Lipinski definition) is 1. The van der Waals surface area contributed by atoms with Gasteiger partial charge in [0.05, 0.1) is 0 Å². The van der Waals surface area contributed by atoms with Crippen LogP contribution in [0.5, 0.6) is 0 Å². The van der Waals surface area contributed by atoms with Gasteiger partial charge in [-0.15, -0.1) is 0 Å². The Bertz CT molecular complexity index is 109. The molecule has 0 radical (unpaired) electrons. The smallest absolute Gasteiger partial charge is 0.000496 e. The molecule has 15 heavy (non-hydrogen) atoms. The molecule has 1 aromatic rings. The summed E-state index contributed by atoms with van der Waals surface area (Å²) in [5.74, 6) is 0. The maximum atomic E-state index is 2.86. The Kier molecular flexibility index (Phi) is 31.8. The van der Waals surface area contributed by atoms with Crippen LogP contribution >= 0.6 is 0 Å². The summed E-state index contributed by atoms with van der Waals surface area (Å²) in [6, 6.07) is 3.89. The molecule has 1 aliphatic rings. The molecule has 1 nitrogen and oxygen atoms in total. The van der Waals surface area contributed by atoms with Crippen molar-refractivity contribution in [3.63, 3.8) is 0 Å². The quantitative estimate of drug-likeness (QED) is 0.625. The number of nitrogens with one attached hydrogen (secondary N) is 1. The molecular weight excluding hydrogens is 226 g/mol. The van der Waals surface area contributed by atoms with E-state index in [4.69, 9.17) is 0 Å².